The lowest BCUT2D eigenvalue weighted by atomic mass is 9.83. The minimum atomic E-state index is 0. The summed E-state index contributed by atoms with van der Waals surface area (Å²) < 4.78 is 6.47. The van der Waals surface area contributed by atoms with E-state index in [1.54, 1.807) is 0 Å². The number of halogens is 1. The average Bonchev–Trinajstić information content (AvgIpc) is 2.85. The van der Waals surface area contributed by atoms with Gasteiger partial charge < -0.3 is 10.1 Å². The van der Waals surface area contributed by atoms with Gasteiger partial charge in [0.05, 0.1) is 12.7 Å². The maximum absolute atomic E-state index is 6.47. The predicted molar refractivity (Wildman–Crippen MR) is 136 cm³/mol. The van der Waals surface area contributed by atoms with Crippen molar-refractivity contribution in [3.8, 4) is 0 Å². The zero-order chi connectivity index (χ0) is 20.9. The SMILES string of the molecule is Cl.c1ccc(C(c2ccccc2)[C@@H]2CC[C@H](NCc3cccc4ccccc34)CO2)cc1. The van der Waals surface area contributed by atoms with E-state index < -0.39 is 0 Å². The highest BCUT2D eigenvalue weighted by Crippen LogP contribution is 2.34. The molecule has 0 unspecified atom stereocenters. The molecule has 0 saturated carbocycles. The first-order valence-electron chi connectivity index (χ1n) is 11.3. The zero-order valence-corrected chi connectivity index (χ0v) is 19.0. The van der Waals surface area contributed by atoms with Gasteiger partial charge in [-0.15, -0.1) is 12.4 Å². The minimum absolute atomic E-state index is 0. The predicted octanol–water partition coefficient (Wildman–Crippen LogP) is 6.73. The topological polar surface area (TPSA) is 21.3 Å². The number of rotatable bonds is 6. The van der Waals surface area contributed by atoms with Gasteiger partial charge in [0, 0.05) is 18.5 Å². The Balaban J connectivity index is 0.00000245. The fourth-order valence-electron chi connectivity index (χ4n) is 4.84. The van der Waals surface area contributed by atoms with Gasteiger partial charge in [0.25, 0.3) is 0 Å². The van der Waals surface area contributed by atoms with Crippen molar-refractivity contribution in [2.24, 2.45) is 0 Å². The van der Waals surface area contributed by atoms with Gasteiger partial charge in [-0.25, -0.2) is 0 Å². The monoisotopic (exact) mass is 443 g/mol. The Morgan fingerprint density at radius 2 is 1.34 bits per heavy atom. The molecular formula is C29H30ClNO. The number of nitrogens with one attached hydrogen (secondary N) is 1. The van der Waals surface area contributed by atoms with E-state index in [1.807, 2.05) is 0 Å². The van der Waals surface area contributed by atoms with Crippen LogP contribution in [0.3, 0.4) is 0 Å². The van der Waals surface area contributed by atoms with Gasteiger partial charge in [0.1, 0.15) is 0 Å². The van der Waals surface area contributed by atoms with Gasteiger partial charge in [-0.05, 0) is 40.3 Å². The van der Waals surface area contributed by atoms with Crippen molar-refractivity contribution >= 4 is 23.2 Å². The fraction of sp³-hybridized carbons (Fsp3) is 0.241. The second-order valence-corrected chi connectivity index (χ2v) is 8.46. The van der Waals surface area contributed by atoms with E-state index >= 15 is 0 Å². The standard InChI is InChI=1S/C29H29NO.ClH/c1-3-11-23(12-4-1)29(24-13-5-2-6-14-24)28-19-18-26(21-31-28)30-20-25-16-9-15-22-10-7-8-17-27(22)25;/h1-17,26,28-30H,18-21H2;1H/t26-,28-;/m0./s1. The van der Waals surface area contributed by atoms with E-state index in [1.165, 1.54) is 27.5 Å². The van der Waals surface area contributed by atoms with Crippen LogP contribution in [0, 0.1) is 0 Å². The van der Waals surface area contributed by atoms with E-state index in [9.17, 15) is 0 Å². The van der Waals surface area contributed by atoms with Crippen LogP contribution in [0.5, 0.6) is 0 Å². The highest BCUT2D eigenvalue weighted by atomic mass is 35.5. The molecule has 164 valence electrons. The minimum Gasteiger partial charge on any atom is -0.376 e. The van der Waals surface area contributed by atoms with Crippen molar-refractivity contribution in [2.75, 3.05) is 6.61 Å². The van der Waals surface area contributed by atoms with Crippen LogP contribution in [0.4, 0.5) is 0 Å². The van der Waals surface area contributed by atoms with Crippen LogP contribution in [-0.4, -0.2) is 18.8 Å². The van der Waals surface area contributed by atoms with Gasteiger partial charge >= 0.3 is 0 Å². The van der Waals surface area contributed by atoms with E-state index in [0.717, 1.165) is 26.0 Å². The summed E-state index contributed by atoms with van der Waals surface area (Å²) in [6, 6.07) is 37.2. The summed E-state index contributed by atoms with van der Waals surface area (Å²) in [7, 11) is 0. The highest BCUT2D eigenvalue weighted by molar-refractivity contribution is 5.86. The Bertz CT molecular complexity index is 1060. The van der Waals surface area contributed by atoms with Crippen LogP contribution < -0.4 is 5.32 Å². The molecular weight excluding hydrogens is 414 g/mol. The molecule has 32 heavy (non-hydrogen) atoms. The van der Waals surface area contributed by atoms with Gasteiger partial charge in [0.15, 0.2) is 0 Å². The maximum Gasteiger partial charge on any atom is 0.0685 e. The van der Waals surface area contributed by atoms with Crippen molar-refractivity contribution in [2.45, 2.75) is 37.5 Å². The third-order valence-electron chi connectivity index (χ3n) is 6.46. The third-order valence-corrected chi connectivity index (χ3v) is 6.46. The molecule has 0 aromatic heterocycles. The van der Waals surface area contributed by atoms with Crippen LogP contribution >= 0.6 is 12.4 Å². The molecule has 1 aliphatic heterocycles. The quantitative estimate of drug-likeness (QED) is 0.356. The summed E-state index contributed by atoms with van der Waals surface area (Å²) >= 11 is 0. The second-order valence-electron chi connectivity index (χ2n) is 8.46. The van der Waals surface area contributed by atoms with Crippen LogP contribution in [0.25, 0.3) is 10.8 Å². The highest BCUT2D eigenvalue weighted by Gasteiger charge is 2.30. The van der Waals surface area contributed by atoms with Crippen LogP contribution in [0.2, 0.25) is 0 Å². The Morgan fingerprint density at radius 1 is 0.719 bits per heavy atom. The number of hydrogen-bond donors (Lipinski definition) is 1. The van der Waals surface area contributed by atoms with Gasteiger partial charge in [-0.2, -0.15) is 0 Å². The molecule has 0 amide bonds. The molecule has 2 atom stereocenters. The van der Waals surface area contributed by atoms with Crippen LogP contribution in [0.1, 0.15) is 35.4 Å². The molecule has 1 saturated heterocycles. The summed E-state index contributed by atoms with van der Waals surface area (Å²) in [4.78, 5) is 0. The molecule has 4 aromatic carbocycles. The molecule has 1 heterocycles. The lowest BCUT2D eigenvalue weighted by molar-refractivity contribution is -0.0116. The third kappa shape index (κ3) is 5.05. The number of fused-ring (bicyclic) bond motifs is 1. The molecule has 5 rings (SSSR count). The first-order valence-corrected chi connectivity index (χ1v) is 11.3. The first kappa shape index (κ1) is 22.5. The molecule has 3 heteroatoms. The van der Waals surface area contributed by atoms with E-state index in [2.05, 4.69) is 108 Å². The number of ether oxygens (including phenoxy) is 1. The zero-order valence-electron chi connectivity index (χ0n) is 18.2. The summed E-state index contributed by atoms with van der Waals surface area (Å²) in [5.41, 5.74) is 4.02. The number of hydrogen-bond acceptors (Lipinski definition) is 2. The fourth-order valence-corrected chi connectivity index (χ4v) is 4.84. The van der Waals surface area contributed by atoms with E-state index in [0.29, 0.717) is 6.04 Å². The van der Waals surface area contributed by atoms with Crippen molar-refractivity contribution in [3.63, 3.8) is 0 Å². The molecule has 0 radical (unpaired) electrons. The van der Waals surface area contributed by atoms with Gasteiger partial charge in [-0.3, -0.25) is 0 Å². The summed E-state index contributed by atoms with van der Waals surface area (Å²) in [6.07, 6.45) is 2.40. The average molecular weight is 444 g/mol. The smallest absolute Gasteiger partial charge is 0.0685 e. The summed E-state index contributed by atoms with van der Waals surface area (Å²) in [5, 5.41) is 6.38. The van der Waals surface area contributed by atoms with Crippen molar-refractivity contribution in [1.82, 2.24) is 5.32 Å². The van der Waals surface area contributed by atoms with Gasteiger partial charge in [0.2, 0.25) is 0 Å². The largest absolute Gasteiger partial charge is 0.376 e. The Hall–Kier alpha value is -2.65. The normalized spacial score (nSPS) is 18.4. The van der Waals surface area contributed by atoms with Crippen LogP contribution in [-0.2, 0) is 11.3 Å². The first-order chi connectivity index (χ1) is 15.4. The summed E-state index contributed by atoms with van der Waals surface area (Å²) in [6.45, 7) is 1.63. The van der Waals surface area contributed by atoms with Gasteiger partial charge in [-0.1, -0.05) is 103 Å². The molecule has 1 N–H and O–H groups in total. The lowest BCUT2D eigenvalue weighted by Gasteiger charge is -2.35. The second kappa shape index (κ2) is 10.8. The lowest BCUT2D eigenvalue weighted by Crippen LogP contribution is -2.41. The molecule has 0 bridgehead atoms. The maximum atomic E-state index is 6.47. The Labute approximate surface area is 197 Å². The van der Waals surface area contributed by atoms with Crippen molar-refractivity contribution in [3.05, 3.63) is 120 Å². The van der Waals surface area contributed by atoms with E-state index in [4.69, 9.17) is 4.74 Å². The molecule has 4 aromatic rings. The molecule has 0 aliphatic carbocycles. The summed E-state index contributed by atoms with van der Waals surface area (Å²) in [5.74, 6) is 0.279. The van der Waals surface area contributed by atoms with Crippen molar-refractivity contribution in [1.29, 1.82) is 0 Å². The van der Waals surface area contributed by atoms with Crippen molar-refractivity contribution < 1.29 is 4.74 Å². The molecule has 1 aliphatic rings. The van der Waals surface area contributed by atoms with E-state index in [-0.39, 0.29) is 24.4 Å². The Kier molecular flexibility index (Phi) is 7.59. The molecule has 2 nitrogen and oxygen atoms in total. The van der Waals surface area contributed by atoms with Crippen LogP contribution in [0.15, 0.2) is 103 Å². The number of benzene rings is 4. The molecule has 0 spiro atoms. The Morgan fingerprint density at radius 3 is 2.00 bits per heavy atom. The molecule has 1 fully saturated rings.